The van der Waals surface area contributed by atoms with Gasteiger partial charge in [0.1, 0.15) is 0 Å². The molecule has 4 nitrogen and oxygen atoms in total. The highest BCUT2D eigenvalue weighted by Crippen LogP contribution is 2.77. The summed E-state index contributed by atoms with van der Waals surface area (Å²) in [7, 11) is 0. The number of hydrogen-bond donors (Lipinski definition) is 1. The molecule has 1 heterocycles. The molecule has 5 unspecified atom stereocenters. The van der Waals surface area contributed by atoms with Gasteiger partial charge in [-0.05, 0) is 141 Å². The molecule has 5 fully saturated rings. The number of aliphatic hydroxyl groups excluding tert-OH is 1. The van der Waals surface area contributed by atoms with Crippen LogP contribution in [0.4, 0.5) is 0 Å². The van der Waals surface area contributed by atoms with E-state index in [1.165, 1.54) is 50.5 Å². The Kier molecular flexibility index (Phi) is 7.12. The van der Waals surface area contributed by atoms with E-state index in [1.807, 2.05) is 12.1 Å². The van der Waals surface area contributed by atoms with Gasteiger partial charge in [-0.3, -0.25) is 4.98 Å². The summed E-state index contributed by atoms with van der Waals surface area (Å²) in [6.45, 7) is 19.8. The van der Waals surface area contributed by atoms with Crippen LogP contribution in [-0.4, -0.2) is 28.8 Å². The van der Waals surface area contributed by atoms with Gasteiger partial charge in [0.05, 0.1) is 18.3 Å². The number of carbonyl (C=O) groups excluding carboxylic acids is 1. The monoisotopic (exact) mass is 561 g/mol. The van der Waals surface area contributed by atoms with E-state index in [9.17, 15) is 9.90 Å². The Morgan fingerprint density at radius 1 is 0.976 bits per heavy atom. The lowest BCUT2D eigenvalue weighted by atomic mass is 9.32. The van der Waals surface area contributed by atoms with Crippen molar-refractivity contribution < 1.29 is 14.6 Å². The maximum atomic E-state index is 13.1. The van der Waals surface area contributed by atoms with Crippen LogP contribution in [-0.2, 0) is 4.74 Å². The van der Waals surface area contributed by atoms with Crippen LogP contribution in [0.3, 0.4) is 0 Å². The van der Waals surface area contributed by atoms with E-state index in [0.717, 1.165) is 25.7 Å². The largest absolute Gasteiger partial charge is 0.461 e. The molecule has 0 bridgehead atoms. The lowest BCUT2D eigenvalue weighted by molar-refractivity contribution is -0.250. The molecule has 5 saturated carbocycles. The minimum Gasteiger partial charge on any atom is -0.461 e. The lowest BCUT2D eigenvalue weighted by Gasteiger charge is -2.73. The molecule has 0 aromatic carbocycles. The fourth-order valence-corrected chi connectivity index (χ4v) is 12.6. The second-order valence-corrected chi connectivity index (χ2v) is 16.7. The van der Waals surface area contributed by atoms with E-state index in [4.69, 9.17) is 4.74 Å². The highest BCUT2D eigenvalue weighted by molar-refractivity contribution is 5.88. The molecule has 0 radical (unpaired) electrons. The first-order chi connectivity index (χ1) is 19.3. The number of nitrogens with zero attached hydrogens (tertiary/aromatic N) is 1. The SMILES string of the molecule is C=C(C)C[C@@H]1CCC2(COC(=O)c3cccnc3)CC[C@]3(C)C(CCC4[C@@]5(C)CC[C@H](O)C(C)(C)C5CC[C@]43C)C12. The average Bonchev–Trinajstić information content (AvgIpc) is 3.28. The molecule has 41 heavy (non-hydrogen) atoms. The van der Waals surface area contributed by atoms with Crippen LogP contribution in [0.15, 0.2) is 36.7 Å². The standard InChI is InChI=1S/C37H55NO3/c1-24(2)21-25-12-17-37(23-41-32(40)26-9-8-20-38-22-26)19-18-35(6)27(31(25)37)10-11-29-34(5)15-14-30(39)33(3,4)28(34)13-16-36(29,35)7/h8-9,20,22,25,27-31,39H,1,10-19,21,23H2,2-7H3/t25-,27?,28?,29?,30-,31?,34-,35+,36+,37?/m0/s1. The van der Waals surface area contributed by atoms with E-state index in [2.05, 4.69) is 53.1 Å². The van der Waals surface area contributed by atoms with Gasteiger partial charge >= 0.3 is 5.97 Å². The number of esters is 1. The van der Waals surface area contributed by atoms with Gasteiger partial charge in [-0.2, -0.15) is 0 Å². The van der Waals surface area contributed by atoms with E-state index >= 15 is 0 Å². The van der Waals surface area contributed by atoms with Gasteiger partial charge in [-0.25, -0.2) is 4.79 Å². The Morgan fingerprint density at radius 3 is 2.46 bits per heavy atom. The summed E-state index contributed by atoms with van der Waals surface area (Å²) < 4.78 is 6.16. The number of hydrogen-bond acceptors (Lipinski definition) is 4. The minimum atomic E-state index is -0.230. The van der Waals surface area contributed by atoms with Crippen molar-refractivity contribution in [2.45, 2.75) is 118 Å². The van der Waals surface area contributed by atoms with Crippen molar-refractivity contribution in [3.63, 3.8) is 0 Å². The van der Waals surface area contributed by atoms with Gasteiger partial charge in [0.2, 0.25) is 0 Å². The second-order valence-electron chi connectivity index (χ2n) is 16.7. The average molecular weight is 562 g/mol. The van der Waals surface area contributed by atoms with Crippen LogP contribution in [0.1, 0.15) is 123 Å². The van der Waals surface area contributed by atoms with Crippen molar-refractivity contribution >= 4 is 5.97 Å². The van der Waals surface area contributed by atoms with Gasteiger partial charge < -0.3 is 9.84 Å². The number of fused-ring (bicyclic) bond motifs is 7. The highest BCUT2D eigenvalue weighted by Gasteiger charge is 2.70. The number of allylic oxidation sites excluding steroid dienone is 1. The number of aromatic nitrogens is 1. The van der Waals surface area contributed by atoms with Crippen LogP contribution in [0.5, 0.6) is 0 Å². The normalized spacial score (nSPS) is 46.4. The van der Waals surface area contributed by atoms with E-state index in [1.54, 1.807) is 12.4 Å². The smallest absolute Gasteiger partial charge is 0.339 e. The Labute approximate surface area is 249 Å². The van der Waals surface area contributed by atoms with Gasteiger partial charge in [0.25, 0.3) is 0 Å². The molecule has 0 spiro atoms. The predicted molar refractivity (Wildman–Crippen MR) is 164 cm³/mol. The van der Waals surface area contributed by atoms with Crippen molar-refractivity contribution in [1.29, 1.82) is 0 Å². The third kappa shape index (κ3) is 4.23. The molecule has 10 atom stereocenters. The maximum absolute atomic E-state index is 13.1. The Bertz CT molecular complexity index is 1180. The first-order valence-corrected chi connectivity index (χ1v) is 16.7. The molecule has 4 heteroatoms. The van der Waals surface area contributed by atoms with E-state index in [-0.39, 0.29) is 28.3 Å². The summed E-state index contributed by atoms with van der Waals surface area (Å²) in [6, 6.07) is 3.62. The summed E-state index contributed by atoms with van der Waals surface area (Å²) in [5.74, 6) is 2.93. The first kappa shape index (κ1) is 29.4. The molecule has 0 amide bonds. The fraction of sp³-hybridized carbons (Fsp3) is 0.784. The van der Waals surface area contributed by atoms with Crippen molar-refractivity contribution in [1.82, 2.24) is 4.98 Å². The van der Waals surface area contributed by atoms with Gasteiger partial charge in [0.15, 0.2) is 0 Å². The number of carbonyl (C=O) groups is 1. The van der Waals surface area contributed by atoms with Crippen molar-refractivity contribution in [2.24, 2.45) is 56.7 Å². The van der Waals surface area contributed by atoms with Crippen LogP contribution in [0.2, 0.25) is 0 Å². The topological polar surface area (TPSA) is 59.4 Å². The summed E-state index contributed by atoms with van der Waals surface area (Å²) >= 11 is 0. The van der Waals surface area contributed by atoms with Crippen molar-refractivity contribution in [2.75, 3.05) is 6.61 Å². The van der Waals surface area contributed by atoms with Gasteiger partial charge in [0, 0.05) is 17.8 Å². The summed E-state index contributed by atoms with van der Waals surface area (Å²) in [4.78, 5) is 17.2. The fourth-order valence-electron chi connectivity index (χ4n) is 12.6. The van der Waals surface area contributed by atoms with Crippen LogP contribution < -0.4 is 0 Å². The molecule has 1 aromatic heterocycles. The van der Waals surface area contributed by atoms with Crippen LogP contribution in [0, 0.1) is 56.7 Å². The van der Waals surface area contributed by atoms with Crippen LogP contribution >= 0.6 is 0 Å². The quantitative estimate of drug-likeness (QED) is 0.289. The summed E-state index contributed by atoms with van der Waals surface area (Å²) in [5.41, 5.74) is 2.78. The number of rotatable bonds is 5. The van der Waals surface area contributed by atoms with E-state index < -0.39 is 0 Å². The molecule has 6 rings (SSSR count). The maximum Gasteiger partial charge on any atom is 0.339 e. The third-order valence-electron chi connectivity index (χ3n) is 14.7. The highest BCUT2D eigenvalue weighted by atomic mass is 16.5. The molecule has 226 valence electrons. The zero-order valence-electron chi connectivity index (χ0n) is 26.7. The molecule has 5 aliphatic rings. The number of pyridine rings is 1. The number of aliphatic hydroxyl groups is 1. The zero-order chi connectivity index (χ0) is 29.4. The molecule has 1 N–H and O–H groups in total. The van der Waals surface area contributed by atoms with E-state index in [0.29, 0.717) is 52.6 Å². The summed E-state index contributed by atoms with van der Waals surface area (Å²) in [5, 5.41) is 11.0. The Morgan fingerprint density at radius 2 is 1.76 bits per heavy atom. The lowest BCUT2D eigenvalue weighted by Crippen LogP contribution is -2.66. The first-order valence-electron chi connectivity index (χ1n) is 16.7. The Hall–Kier alpha value is -1.68. The molecule has 0 aliphatic heterocycles. The Balaban J connectivity index is 1.32. The summed E-state index contributed by atoms with van der Waals surface area (Å²) in [6.07, 6.45) is 16.2. The molecule has 5 aliphatic carbocycles. The van der Waals surface area contributed by atoms with Crippen LogP contribution in [0.25, 0.3) is 0 Å². The van der Waals surface area contributed by atoms with Gasteiger partial charge in [-0.1, -0.05) is 40.2 Å². The third-order valence-corrected chi connectivity index (χ3v) is 14.7. The second kappa shape index (κ2) is 9.93. The zero-order valence-corrected chi connectivity index (χ0v) is 26.7. The minimum absolute atomic E-state index is 0.00993. The number of ether oxygens (including phenoxy) is 1. The van der Waals surface area contributed by atoms with Crippen molar-refractivity contribution in [3.05, 3.63) is 42.2 Å². The molecular formula is C37H55NO3. The van der Waals surface area contributed by atoms with Gasteiger partial charge in [-0.15, -0.1) is 6.58 Å². The molecular weight excluding hydrogens is 506 g/mol. The molecule has 1 aromatic rings. The van der Waals surface area contributed by atoms with Crippen molar-refractivity contribution in [3.8, 4) is 0 Å². The predicted octanol–water partition coefficient (Wildman–Crippen LogP) is 8.65. The molecule has 0 saturated heterocycles.